The molecule has 4 rings (SSSR count). The summed E-state index contributed by atoms with van der Waals surface area (Å²) in [6, 6.07) is 32.1. The summed E-state index contributed by atoms with van der Waals surface area (Å²) in [5.41, 5.74) is 6.58. The number of amides is 3. The van der Waals surface area contributed by atoms with Gasteiger partial charge in [0.15, 0.2) is 5.71 Å². The number of carbonyl (C=O) groups excluding carboxylic acids is 3. The summed E-state index contributed by atoms with van der Waals surface area (Å²) in [6.07, 6.45) is 0. The molecule has 0 atom stereocenters. The normalized spacial score (nSPS) is 10.9. The van der Waals surface area contributed by atoms with Crippen LogP contribution in [0, 0.1) is 0 Å². The first-order chi connectivity index (χ1) is 17.5. The van der Waals surface area contributed by atoms with E-state index < -0.39 is 17.7 Å². The Morgan fingerprint density at radius 3 is 1.69 bits per heavy atom. The van der Waals surface area contributed by atoms with Crippen molar-refractivity contribution in [3.05, 3.63) is 137 Å². The highest BCUT2D eigenvalue weighted by atomic mass is 35.5. The lowest BCUT2D eigenvalue weighted by atomic mass is 10.1. The zero-order valence-corrected chi connectivity index (χ0v) is 19.7. The molecule has 0 radical (unpaired) electrons. The van der Waals surface area contributed by atoms with Crippen LogP contribution < -0.4 is 15.9 Å². The second-order valence-electron chi connectivity index (χ2n) is 7.56. The average molecular weight is 497 g/mol. The van der Waals surface area contributed by atoms with Gasteiger partial charge in [0.2, 0.25) is 0 Å². The molecule has 8 heteroatoms. The number of hydrazone groups is 1. The van der Waals surface area contributed by atoms with E-state index in [-0.39, 0.29) is 5.71 Å². The van der Waals surface area contributed by atoms with Crippen LogP contribution in [0.3, 0.4) is 0 Å². The van der Waals surface area contributed by atoms with E-state index in [1.54, 1.807) is 115 Å². The number of carbonyl (C=O) groups is 3. The van der Waals surface area contributed by atoms with E-state index in [2.05, 4.69) is 16.0 Å². The molecule has 4 aromatic carbocycles. The molecule has 0 aliphatic rings. The van der Waals surface area contributed by atoms with E-state index in [9.17, 15) is 14.4 Å². The van der Waals surface area contributed by atoms with Crippen molar-refractivity contribution in [3.63, 3.8) is 0 Å². The van der Waals surface area contributed by atoms with Gasteiger partial charge >= 0.3 is 0 Å². The lowest BCUT2D eigenvalue weighted by Crippen LogP contribution is -2.50. The summed E-state index contributed by atoms with van der Waals surface area (Å²) in [7, 11) is 0. The first-order valence-corrected chi connectivity index (χ1v) is 11.4. The minimum absolute atomic E-state index is 0.0693. The number of rotatable bonds is 6. The van der Waals surface area contributed by atoms with Crippen LogP contribution in [0.5, 0.6) is 0 Å². The smallest absolute Gasteiger partial charge is 0.267 e. The predicted molar refractivity (Wildman–Crippen MR) is 140 cm³/mol. The van der Waals surface area contributed by atoms with Crippen LogP contribution in [0.1, 0.15) is 26.3 Å². The van der Waals surface area contributed by atoms with Gasteiger partial charge in [-0.25, -0.2) is 10.4 Å². The molecule has 0 unspecified atom stereocenters. The van der Waals surface area contributed by atoms with Gasteiger partial charge in [-0.15, -0.1) is 0 Å². The van der Waals surface area contributed by atoms with E-state index in [4.69, 9.17) is 11.6 Å². The summed E-state index contributed by atoms with van der Waals surface area (Å²) in [4.78, 5) is 39.4. The van der Waals surface area contributed by atoms with Gasteiger partial charge in [-0.1, -0.05) is 78.3 Å². The third-order valence-corrected chi connectivity index (χ3v) is 5.34. The van der Waals surface area contributed by atoms with Crippen molar-refractivity contribution in [1.29, 1.82) is 0 Å². The molecule has 0 spiro atoms. The lowest BCUT2D eigenvalue weighted by molar-refractivity contribution is -0.113. The molecule has 0 aliphatic carbocycles. The van der Waals surface area contributed by atoms with E-state index >= 15 is 0 Å². The maximum absolute atomic E-state index is 13.8. The molecule has 7 nitrogen and oxygen atoms in total. The maximum atomic E-state index is 13.8. The van der Waals surface area contributed by atoms with Crippen LogP contribution in [-0.4, -0.2) is 23.4 Å². The molecule has 0 saturated heterocycles. The van der Waals surface area contributed by atoms with Crippen LogP contribution in [-0.2, 0) is 4.79 Å². The van der Waals surface area contributed by atoms with Gasteiger partial charge in [0.1, 0.15) is 0 Å². The monoisotopic (exact) mass is 496 g/mol. The van der Waals surface area contributed by atoms with Crippen molar-refractivity contribution in [3.8, 4) is 0 Å². The SMILES string of the molecule is O=C(N/N=C(\C(=O)N(NC(=O)c1ccc(Cl)cc1)c1ccccc1)c1ccccc1)c1ccccc1. The number of hydrogen-bond acceptors (Lipinski definition) is 4. The van der Waals surface area contributed by atoms with Gasteiger partial charge in [0.05, 0.1) is 5.69 Å². The molecule has 0 fully saturated rings. The summed E-state index contributed by atoms with van der Waals surface area (Å²) in [5, 5.41) is 5.74. The molecule has 0 aliphatic heterocycles. The first-order valence-electron chi connectivity index (χ1n) is 11.0. The van der Waals surface area contributed by atoms with Crippen molar-refractivity contribution in [2.24, 2.45) is 5.10 Å². The number of para-hydroxylation sites is 1. The number of hydrogen-bond donors (Lipinski definition) is 2. The van der Waals surface area contributed by atoms with Crippen LogP contribution in [0.4, 0.5) is 5.69 Å². The Morgan fingerprint density at radius 2 is 1.11 bits per heavy atom. The molecule has 36 heavy (non-hydrogen) atoms. The van der Waals surface area contributed by atoms with Crippen molar-refractivity contribution in [2.45, 2.75) is 0 Å². The molecule has 0 saturated carbocycles. The van der Waals surface area contributed by atoms with Crippen LogP contribution in [0.15, 0.2) is 120 Å². The minimum Gasteiger partial charge on any atom is -0.267 e. The molecular formula is C28H21ClN4O3. The second kappa shape index (κ2) is 11.6. The largest absolute Gasteiger partial charge is 0.298 e. The van der Waals surface area contributed by atoms with E-state index in [1.807, 2.05) is 0 Å². The van der Waals surface area contributed by atoms with Gasteiger partial charge in [-0.3, -0.25) is 19.8 Å². The highest BCUT2D eigenvalue weighted by molar-refractivity contribution is 6.49. The van der Waals surface area contributed by atoms with Crippen LogP contribution in [0.25, 0.3) is 0 Å². The van der Waals surface area contributed by atoms with Crippen LogP contribution in [0.2, 0.25) is 5.02 Å². The van der Waals surface area contributed by atoms with E-state index in [0.29, 0.717) is 27.4 Å². The number of halogens is 1. The van der Waals surface area contributed by atoms with Gasteiger partial charge in [-0.2, -0.15) is 5.10 Å². The van der Waals surface area contributed by atoms with Crippen molar-refractivity contribution in [2.75, 3.05) is 5.01 Å². The fourth-order valence-electron chi connectivity index (χ4n) is 3.28. The fraction of sp³-hybridized carbons (Fsp3) is 0. The molecule has 4 aromatic rings. The quantitative estimate of drug-likeness (QED) is 0.295. The predicted octanol–water partition coefficient (Wildman–Crippen LogP) is 4.85. The molecular weight excluding hydrogens is 476 g/mol. The van der Waals surface area contributed by atoms with E-state index in [1.165, 1.54) is 0 Å². The Morgan fingerprint density at radius 1 is 0.611 bits per heavy atom. The highest BCUT2D eigenvalue weighted by Gasteiger charge is 2.26. The summed E-state index contributed by atoms with van der Waals surface area (Å²) >= 11 is 5.94. The zero-order valence-electron chi connectivity index (χ0n) is 19.0. The Balaban J connectivity index is 1.69. The molecule has 3 amide bonds. The molecule has 2 N–H and O–H groups in total. The summed E-state index contributed by atoms with van der Waals surface area (Å²) < 4.78 is 0. The van der Waals surface area contributed by atoms with Crippen molar-refractivity contribution >= 4 is 40.7 Å². The van der Waals surface area contributed by atoms with Gasteiger partial charge < -0.3 is 0 Å². The third-order valence-electron chi connectivity index (χ3n) is 5.09. The topological polar surface area (TPSA) is 90.9 Å². The minimum atomic E-state index is -0.650. The number of anilines is 1. The zero-order chi connectivity index (χ0) is 25.3. The second-order valence-corrected chi connectivity index (χ2v) is 7.99. The molecule has 0 heterocycles. The Hall–Kier alpha value is -4.75. The van der Waals surface area contributed by atoms with Gasteiger partial charge in [0, 0.05) is 21.7 Å². The maximum Gasteiger partial charge on any atom is 0.298 e. The Labute approximate surface area is 213 Å². The standard InChI is InChI=1S/C28H21ClN4O3/c29-23-18-16-22(17-19-23)27(35)32-33(24-14-8-3-9-15-24)28(36)25(20-10-4-1-5-11-20)30-31-26(34)21-12-6-2-7-13-21/h1-19H,(H,31,34)(H,32,35)/b30-25-. The third kappa shape index (κ3) is 6.02. The first kappa shape index (κ1) is 24.4. The lowest BCUT2D eigenvalue weighted by Gasteiger charge is -2.24. The molecule has 0 bridgehead atoms. The van der Waals surface area contributed by atoms with Crippen molar-refractivity contribution in [1.82, 2.24) is 10.9 Å². The van der Waals surface area contributed by atoms with Crippen LogP contribution >= 0.6 is 11.6 Å². The number of nitrogens with one attached hydrogen (secondary N) is 2. The van der Waals surface area contributed by atoms with E-state index in [0.717, 1.165) is 5.01 Å². The number of hydrazine groups is 1. The van der Waals surface area contributed by atoms with Crippen molar-refractivity contribution < 1.29 is 14.4 Å². The fourth-order valence-corrected chi connectivity index (χ4v) is 3.40. The Bertz CT molecular complexity index is 1380. The Kier molecular flexibility index (Phi) is 7.85. The highest BCUT2D eigenvalue weighted by Crippen LogP contribution is 2.16. The van der Waals surface area contributed by atoms with Gasteiger partial charge in [-0.05, 0) is 48.5 Å². The van der Waals surface area contributed by atoms with Gasteiger partial charge in [0.25, 0.3) is 17.7 Å². The average Bonchev–Trinajstić information content (AvgIpc) is 2.93. The summed E-state index contributed by atoms with van der Waals surface area (Å²) in [5.74, 6) is -1.65. The summed E-state index contributed by atoms with van der Waals surface area (Å²) in [6.45, 7) is 0. The number of nitrogens with zero attached hydrogens (tertiary/aromatic N) is 2. The number of benzene rings is 4. The molecule has 0 aromatic heterocycles. The molecule has 178 valence electrons.